The molecule has 1 aliphatic heterocycles. The van der Waals surface area contributed by atoms with Gasteiger partial charge in [-0.2, -0.15) is 0 Å². The van der Waals surface area contributed by atoms with E-state index in [1.54, 1.807) is 29.2 Å². The molecule has 0 aliphatic carbocycles. The van der Waals surface area contributed by atoms with Crippen molar-refractivity contribution in [1.29, 1.82) is 0 Å². The Bertz CT molecular complexity index is 950. The van der Waals surface area contributed by atoms with Crippen molar-refractivity contribution in [2.24, 2.45) is 0 Å². The number of benzene rings is 2. The van der Waals surface area contributed by atoms with Crippen LogP contribution in [0.4, 0.5) is 0 Å². The third kappa shape index (κ3) is 4.36. The lowest BCUT2D eigenvalue weighted by Crippen LogP contribution is -2.46. The number of carbonyl (C=O) groups is 1. The Hall–Kier alpha value is -2.38. The van der Waals surface area contributed by atoms with Crippen LogP contribution < -0.4 is 9.46 Å². The highest BCUT2D eigenvalue weighted by Crippen LogP contribution is 2.28. The number of amides is 1. The minimum absolute atomic E-state index is 0.0160. The Labute approximate surface area is 166 Å². The summed E-state index contributed by atoms with van der Waals surface area (Å²) in [4.78, 5) is 14.5. The highest BCUT2D eigenvalue weighted by molar-refractivity contribution is 7.89. The average Bonchev–Trinajstić information content (AvgIpc) is 2.70. The number of aryl methyl sites for hydroxylation is 2. The zero-order valence-electron chi connectivity index (χ0n) is 16.4. The van der Waals surface area contributed by atoms with Crippen LogP contribution in [0.25, 0.3) is 0 Å². The van der Waals surface area contributed by atoms with Crippen molar-refractivity contribution < 1.29 is 17.9 Å². The van der Waals surface area contributed by atoms with Crippen LogP contribution in [-0.4, -0.2) is 45.5 Å². The fourth-order valence-electron chi connectivity index (χ4n) is 3.38. The molecule has 7 heteroatoms. The maximum Gasteiger partial charge on any atom is 0.253 e. The van der Waals surface area contributed by atoms with E-state index in [0.29, 0.717) is 37.2 Å². The second-order valence-corrected chi connectivity index (χ2v) is 8.82. The van der Waals surface area contributed by atoms with E-state index >= 15 is 0 Å². The van der Waals surface area contributed by atoms with E-state index in [0.717, 1.165) is 11.1 Å². The summed E-state index contributed by atoms with van der Waals surface area (Å²) in [6.07, 6.45) is 1.15. The topological polar surface area (TPSA) is 75.7 Å². The van der Waals surface area contributed by atoms with Crippen LogP contribution in [-0.2, 0) is 10.0 Å². The van der Waals surface area contributed by atoms with Crippen LogP contribution in [0.5, 0.6) is 5.75 Å². The molecule has 1 heterocycles. The van der Waals surface area contributed by atoms with E-state index in [2.05, 4.69) is 4.72 Å². The maximum atomic E-state index is 12.9. The molecular weight excluding hydrogens is 376 g/mol. The third-order valence-corrected chi connectivity index (χ3v) is 6.74. The van der Waals surface area contributed by atoms with Gasteiger partial charge in [-0.1, -0.05) is 18.2 Å². The van der Waals surface area contributed by atoms with E-state index in [1.807, 2.05) is 32.0 Å². The third-order valence-electron chi connectivity index (χ3n) is 5.19. The van der Waals surface area contributed by atoms with Crippen molar-refractivity contribution in [2.75, 3.05) is 20.2 Å². The number of methoxy groups -OCH3 is 1. The second kappa shape index (κ2) is 8.32. The Balaban J connectivity index is 1.67. The van der Waals surface area contributed by atoms with E-state index in [1.165, 1.54) is 7.11 Å². The Morgan fingerprint density at radius 1 is 1.07 bits per heavy atom. The van der Waals surface area contributed by atoms with Gasteiger partial charge < -0.3 is 9.64 Å². The fraction of sp³-hybridized carbons (Fsp3) is 0.381. The lowest BCUT2D eigenvalue weighted by atomic mass is 10.0. The van der Waals surface area contributed by atoms with Crippen molar-refractivity contribution in [3.05, 3.63) is 59.2 Å². The number of piperidine rings is 1. The van der Waals surface area contributed by atoms with Gasteiger partial charge in [0.05, 0.1) is 7.11 Å². The quantitative estimate of drug-likeness (QED) is 0.834. The number of hydrogen-bond acceptors (Lipinski definition) is 4. The lowest BCUT2D eigenvalue weighted by molar-refractivity contribution is 0.0711. The summed E-state index contributed by atoms with van der Waals surface area (Å²) in [7, 11) is -2.24. The summed E-state index contributed by atoms with van der Waals surface area (Å²) < 4.78 is 33.9. The largest absolute Gasteiger partial charge is 0.495 e. The van der Waals surface area contributed by atoms with Crippen LogP contribution in [0.15, 0.2) is 47.4 Å². The van der Waals surface area contributed by atoms with Gasteiger partial charge in [0.15, 0.2) is 0 Å². The Morgan fingerprint density at radius 3 is 2.29 bits per heavy atom. The van der Waals surface area contributed by atoms with Gasteiger partial charge in [-0.15, -0.1) is 0 Å². The van der Waals surface area contributed by atoms with Gasteiger partial charge in [0.1, 0.15) is 10.6 Å². The predicted molar refractivity (Wildman–Crippen MR) is 108 cm³/mol. The number of carbonyl (C=O) groups excluding carboxylic acids is 1. The number of hydrogen-bond donors (Lipinski definition) is 1. The van der Waals surface area contributed by atoms with Gasteiger partial charge in [0.2, 0.25) is 10.0 Å². The lowest BCUT2D eigenvalue weighted by Gasteiger charge is -2.32. The summed E-state index contributed by atoms with van der Waals surface area (Å²) in [5, 5.41) is 0. The second-order valence-electron chi connectivity index (χ2n) is 7.14. The van der Waals surface area contributed by atoms with Crippen LogP contribution in [0.2, 0.25) is 0 Å². The number of likely N-dealkylation sites (tertiary alicyclic amines) is 1. The minimum atomic E-state index is -3.71. The smallest absolute Gasteiger partial charge is 0.253 e. The monoisotopic (exact) mass is 402 g/mol. The molecule has 150 valence electrons. The van der Waals surface area contributed by atoms with Crippen LogP contribution in [0.1, 0.15) is 34.3 Å². The Morgan fingerprint density at radius 2 is 1.68 bits per heavy atom. The predicted octanol–water partition coefficient (Wildman–Crippen LogP) is 2.90. The molecular formula is C21H26N2O4S. The summed E-state index contributed by atoms with van der Waals surface area (Å²) in [6.45, 7) is 4.83. The average molecular weight is 403 g/mol. The van der Waals surface area contributed by atoms with Gasteiger partial charge in [-0.05, 0) is 62.1 Å². The van der Waals surface area contributed by atoms with E-state index in [-0.39, 0.29) is 16.8 Å². The number of nitrogens with zero attached hydrogens (tertiary/aromatic N) is 1. The minimum Gasteiger partial charge on any atom is -0.495 e. The number of rotatable bonds is 5. The van der Waals surface area contributed by atoms with Crippen LogP contribution in [0.3, 0.4) is 0 Å². The molecule has 1 aliphatic rings. The van der Waals surface area contributed by atoms with Crippen molar-refractivity contribution in [1.82, 2.24) is 9.62 Å². The van der Waals surface area contributed by atoms with E-state index in [9.17, 15) is 13.2 Å². The molecule has 0 bridgehead atoms. The molecule has 28 heavy (non-hydrogen) atoms. The molecule has 1 fully saturated rings. The van der Waals surface area contributed by atoms with Crippen molar-refractivity contribution in [2.45, 2.75) is 37.6 Å². The number of nitrogens with one attached hydrogen (secondary N) is 1. The molecule has 0 radical (unpaired) electrons. The molecule has 3 rings (SSSR count). The van der Waals surface area contributed by atoms with Gasteiger partial charge in [0, 0.05) is 24.7 Å². The Kier molecular flexibility index (Phi) is 6.05. The number of ether oxygens (including phenoxy) is 1. The van der Waals surface area contributed by atoms with Crippen molar-refractivity contribution >= 4 is 15.9 Å². The van der Waals surface area contributed by atoms with Gasteiger partial charge in [0.25, 0.3) is 5.91 Å². The standard InChI is InChI=1S/C21H26N2O4S/c1-15-13-19(27-3)20(14-16(15)2)28(25,26)22-18-9-11-23(12-10-18)21(24)17-7-5-4-6-8-17/h4-8,13-14,18,22H,9-12H2,1-3H3. The molecule has 2 aromatic carbocycles. The number of sulfonamides is 1. The molecule has 0 spiro atoms. The van der Waals surface area contributed by atoms with Gasteiger partial charge in [-0.3, -0.25) is 4.79 Å². The van der Waals surface area contributed by atoms with E-state index < -0.39 is 10.0 Å². The molecule has 0 saturated carbocycles. The first-order chi connectivity index (χ1) is 13.3. The summed E-state index contributed by atoms with van der Waals surface area (Å²) in [5.74, 6) is 0.324. The molecule has 0 unspecified atom stereocenters. The van der Waals surface area contributed by atoms with E-state index in [4.69, 9.17) is 4.74 Å². The molecule has 0 aromatic heterocycles. The maximum absolute atomic E-state index is 12.9. The normalized spacial score (nSPS) is 15.5. The first-order valence-electron chi connectivity index (χ1n) is 9.33. The van der Waals surface area contributed by atoms with Crippen LogP contribution >= 0.6 is 0 Å². The highest BCUT2D eigenvalue weighted by Gasteiger charge is 2.29. The molecule has 1 amide bonds. The van der Waals surface area contributed by atoms with Gasteiger partial charge in [-0.25, -0.2) is 13.1 Å². The highest BCUT2D eigenvalue weighted by atomic mass is 32.2. The molecule has 1 N–H and O–H groups in total. The SMILES string of the molecule is COc1cc(C)c(C)cc1S(=O)(=O)NC1CCN(C(=O)c2ccccc2)CC1. The summed E-state index contributed by atoms with van der Waals surface area (Å²) in [6, 6.07) is 12.3. The summed E-state index contributed by atoms with van der Waals surface area (Å²) in [5.41, 5.74) is 2.52. The van der Waals surface area contributed by atoms with Crippen molar-refractivity contribution in [3.8, 4) is 5.75 Å². The first kappa shape index (κ1) is 20.4. The molecule has 2 aromatic rings. The molecule has 0 atom stereocenters. The zero-order chi connectivity index (χ0) is 20.3. The summed E-state index contributed by atoms with van der Waals surface area (Å²) >= 11 is 0. The first-order valence-corrected chi connectivity index (χ1v) is 10.8. The van der Waals surface area contributed by atoms with Crippen molar-refractivity contribution in [3.63, 3.8) is 0 Å². The zero-order valence-corrected chi connectivity index (χ0v) is 17.3. The molecule has 6 nitrogen and oxygen atoms in total. The fourth-order valence-corrected chi connectivity index (χ4v) is 4.92. The van der Waals surface area contributed by atoms with Gasteiger partial charge >= 0.3 is 0 Å². The molecule has 1 saturated heterocycles. The van der Waals surface area contributed by atoms with Crippen LogP contribution in [0, 0.1) is 13.8 Å².